The maximum absolute atomic E-state index is 13.0. The van der Waals surface area contributed by atoms with E-state index in [-0.39, 0.29) is 23.4 Å². The number of hydrogen-bond donors (Lipinski definition) is 2. The van der Waals surface area contributed by atoms with E-state index in [4.69, 9.17) is 5.14 Å². The van der Waals surface area contributed by atoms with Gasteiger partial charge < -0.3 is 9.88 Å². The van der Waals surface area contributed by atoms with Crippen molar-refractivity contribution in [1.82, 2.24) is 9.47 Å². The number of primary sulfonamides is 1. The van der Waals surface area contributed by atoms with Crippen LogP contribution in [-0.2, 0) is 21.4 Å². The van der Waals surface area contributed by atoms with Gasteiger partial charge in [0.2, 0.25) is 15.9 Å². The van der Waals surface area contributed by atoms with E-state index in [2.05, 4.69) is 11.4 Å². The zero-order chi connectivity index (χ0) is 25.0. The summed E-state index contributed by atoms with van der Waals surface area (Å²) in [5.41, 5.74) is 4.13. The number of carbonyl (C=O) groups is 1. The summed E-state index contributed by atoms with van der Waals surface area (Å²) in [7, 11) is -1.95. The molecule has 0 saturated carbocycles. The van der Waals surface area contributed by atoms with Crippen molar-refractivity contribution in [1.29, 1.82) is 5.26 Å². The number of nitriles is 1. The molecule has 1 amide bonds. The average molecular weight is 480 g/mol. The number of hydrogen-bond acceptors (Lipinski definition) is 5. The van der Waals surface area contributed by atoms with Gasteiger partial charge in [0.1, 0.15) is 11.9 Å². The molecule has 34 heavy (non-hydrogen) atoms. The van der Waals surface area contributed by atoms with E-state index >= 15 is 0 Å². The number of benzene rings is 2. The molecule has 178 valence electrons. The Balaban J connectivity index is 1.77. The Morgan fingerprint density at radius 1 is 1.15 bits per heavy atom. The monoisotopic (exact) mass is 479 g/mol. The van der Waals surface area contributed by atoms with Crippen molar-refractivity contribution < 1.29 is 13.2 Å². The highest BCUT2D eigenvalue weighted by molar-refractivity contribution is 7.89. The highest BCUT2D eigenvalue weighted by Gasteiger charge is 2.22. The van der Waals surface area contributed by atoms with E-state index in [0.717, 1.165) is 22.4 Å². The smallest absolute Gasteiger partial charge is 0.239 e. The predicted molar refractivity (Wildman–Crippen MR) is 132 cm³/mol. The highest BCUT2D eigenvalue weighted by Crippen LogP contribution is 2.28. The van der Waals surface area contributed by atoms with Crippen molar-refractivity contribution >= 4 is 21.7 Å². The third kappa shape index (κ3) is 5.54. The van der Waals surface area contributed by atoms with Gasteiger partial charge in [-0.25, -0.2) is 13.6 Å². The average Bonchev–Trinajstić information content (AvgIpc) is 3.02. The summed E-state index contributed by atoms with van der Waals surface area (Å²) in [6, 6.07) is 18.2. The summed E-state index contributed by atoms with van der Waals surface area (Å²) >= 11 is 0. The molecule has 9 heteroatoms. The number of sulfonamides is 1. The van der Waals surface area contributed by atoms with Crippen molar-refractivity contribution in [3.63, 3.8) is 0 Å². The number of nitrogens with one attached hydrogen (secondary N) is 1. The topological polar surface area (TPSA) is 121 Å². The van der Waals surface area contributed by atoms with Gasteiger partial charge in [-0.1, -0.05) is 42.5 Å². The molecule has 0 radical (unpaired) electrons. The molecule has 1 aromatic heterocycles. The van der Waals surface area contributed by atoms with Crippen LogP contribution >= 0.6 is 0 Å². The molecule has 1 heterocycles. The van der Waals surface area contributed by atoms with Gasteiger partial charge in [-0.3, -0.25) is 9.69 Å². The fourth-order valence-electron chi connectivity index (χ4n) is 3.82. The first-order valence-corrected chi connectivity index (χ1v) is 12.3. The Kier molecular flexibility index (Phi) is 7.57. The summed E-state index contributed by atoms with van der Waals surface area (Å²) in [6.07, 6.45) is 0. The molecule has 0 saturated heterocycles. The van der Waals surface area contributed by atoms with Crippen molar-refractivity contribution in [2.45, 2.75) is 38.3 Å². The summed E-state index contributed by atoms with van der Waals surface area (Å²) in [6.45, 7) is 6.36. The normalized spacial score (nSPS) is 12.4. The third-order valence-corrected chi connectivity index (χ3v) is 7.06. The molecule has 1 atom stereocenters. The lowest BCUT2D eigenvalue weighted by Crippen LogP contribution is -2.33. The van der Waals surface area contributed by atoms with Gasteiger partial charge in [0.25, 0.3) is 0 Å². The first-order valence-electron chi connectivity index (χ1n) is 10.8. The van der Waals surface area contributed by atoms with Gasteiger partial charge in [-0.05, 0) is 56.6 Å². The number of nitrogens with zero attached hydrogens (tertiary/aromatic N) is 3. The van der Waals surface area contributed by atoms with E-state index in [1.54, 1.807) is 12.1 Å². The van der Waals surface area contributed by atoms with E-state index in [9.17, 15) is 18.5 Å². The van der Waals surface area contributed by atoms with Crippen LogP contribution in [0.1, 0.15) is 40.9 Å². The van der Waals surface area contributed by atoms with Crippen LogP contribution in [0.15, 0.2) is 59.5 Å². The Bertz CT molecular complexity index is 1320. The number of aromatic nitrogens is 1. The molecule has 2 aromatic carbocycles. The van der Waals surface area contributed by atoms with E-state index < -0.39 is 10.0 Å². The Labute approximate surface area is 200 Å². The van der Waals surface area contributed by atoms with Crippen molar-refractivity contribution in [3.8, 4) is 6.07 Å². The summed E-state index contributed by atoms with van der Waals surface area (Å²) in [5, 5.41) is 17.8. The molecule has 0 aliphatic heterocycles. The van der Waals surface area contributed by atoms with Crippen molar-refractivity contribution in [3.05, 3.63) is 82.5 Å². The summed E-state index contributed by atoms with van der Waals surface area (Å²) in [5.74, 6) is 0.240. The second-order valence-corrected chi connectivity index (χ2v) is 9.93. The largest absolute Gasteiger partial charge is 0.326 e. The molecule has 8 nitrogen and oxygen atoms in total. The van der Waals surface area contributed by atoms with Crippen LogP contribution in [-0.4, -0.2) is 37.4 Å². The third-order valence-electron chi connectivity index (χ3n) is 6.13. The molecule has 0 aliphatic rings. The predicted octanol–water partition coefficient (Wildman–Crippen LogP) is 3.30. The SMILES string of the molecule is Cc1c(C#N)c(NC(=O)CN(C)C(C)c2ccc(S(N)(=O)=O)cc2)n(Cc2ccccc2)c1C. The summed E-state index contributed by atoms with van der Waals surface area (Å²) < 4.78 is 24.9. The molecule has 0 fully saturated rings. The maximum atomic E-state index is 13.0. The minimum absolute atomic E-state index is 0.0396. The highest BCUT2D eigenvalue weighted by atomic mass is 32.2. The number of amides is 1. The Morgan fingerprint density at radius 2 is 1.76 bits per heavy atom. The molecule has 0 spiro atoms. The lowest BCUT2D eigenvalue weighted by molar-refractivity contribution is -0.117. The number of anilines is 1. The minimum Gasteiger partial charge on any atom is -0.326 e. The van der Waals surface area contributed by atoms with E-state index in [1.807, 2.05) is 67.6 Å². The fraction of sp³-hybridized carbons (Fsp3) is 0.280. The number of rotatable bonds is 8. The second-order valence-electron chi connectivity index (χ2n) is 8.37. The standard InChI is InChI=1S/C25H29N5O3S/c1-17-18(2)30(15-20-8-6-5-7-9-20)25(23(17)14-26)28-24(31)16-29(4)19(3)21-10-12-22(13-11-21)34(27,32)33/h5-13,19H,15-16H2,1-4H3,(H,28,31)(H2,27,32,33). The van der Waals surface area contributed by atoms with Crippen LogP contribution in [0, 0.1) is 25.2 Å². The Hall–Kier alpha value is -3.45. The van der Waals surface area contributed by atoms with Crippen molar-refractivity contribution in [2.24, 2.45) is 5.14 Å². The number of likely N-dealkylation sites (N-methyl/N-ethyl adjacent to an activating group) is 1. The minimum atomic E-state index is -3.76. The fourth-order valence-corrected chi connectivity index (χ4v) is 4.34. The quantitative estimate of drug-likeness (QED) is 0.513. The zero-order valence-electron chi connectivity index (χ0n) is 19.7. The van der Waals surface area contributed by atoms with Gasteiger partial charge in [0, 0.05) is 18.3 Å². The molecular weight excluding hydrogens is 450 g/mol. The van der Waals surface area contributed by atoms with Gasteiger partial charge in [0.15, 0.2) is 0 Å². The van der Waals surface area contributed by atoms with E-state index in [0.29, 0.717) is 17.9 Å². The van der Waals surface area contributed by atoms with E-state index in [1.165, 1.54) is 12.1 Å². The van der Waals surface area contributed by atoms with Crippen LogP contribution in [0.2, 0.25) is 0 Å². The van der Waals surface area contributed by atoms with Gasteiger partial charge in [-0.2, -0.15) is 5.26 Å². The Morgan fingerprint density at radius 3 is 2.32 bits per heavy atom. The zero-order valence-corrected chi connectivity index (χ0v) is 20.6. The molecule has 3 N–H and O–H groups in total. The maximum Gasteiger partial charge on any atom is 0.239 e. The van der Waals surface area contributed by atoms with Crippen molar-refractivity contribution in [2.75, 3.05) is 18.9 Å². The van der Waals surface area contributed by atoms with Crippen LogP contribution < -0.4 is 10.5 Å². The molecule has 0 aliphatic carbocycles. The van der Waals surface area contributed by atoms with Gasteiger partial charge in [0.05, 0.1) is 17.0 Å². The molecule has 3 rings (SSSR count). The number of carbonyl (C=O) groups excluding carboxylic acids is 1. The number of nitrogens with two attached hydrogens (primary N) is 1. The molecule has 1 unspecified atom stereocenters. The first kappa shape index (κ1) is 25.2. The van der Waals surface area contributed by atoms with Crippen LogP contribution in [0.5, 0.6) is 0 Å². The van der Waals surface area contributed by atoms with Gasteiger partial charge in [-0.15, -0.1) is 0 Å². The second kappa shape index (κ2) is 10.2. The van der Waals surface area contributed by atoms with Gasteiger partial charge >= 0.3 is 0 Å². The molecule has 0 bridgehead atoms. The first-order chi connectivity index (χ1) is 16.0. The van der Waals surface area contributed by atoms with Crippen LogP contribution in [0.4, 0.5) is 5.82 Å². The molecular formula is C25H29N5O3S. The van der Waals surface area contributed by atoms with Crippen LogP contribution in [0.25, 0.3) is 0 Å². The lowest BCUT2D eigenvalue weighted by Gasteiger charge is -2.25. The summed E-state index contributed by atoms with van der Waals surface area (Å²) in [4.78, 5) is 14.9. The lowest BCUT2D eigenvalue weighted by atomic mass is 10.1. The van der Waals surface area contributed by atoms with Crippen LogP contribution in [0.3, 0.4) is 0 Å². The molecule has 3 aromatic rings.